The lowest BCUT2D eigenvalue weighted by molar-refractivity contribution is 0.0550. The number of rotatable bonds is 1. The van der Waals surface area contributed by atoms with Crippen molar-refractivity contribution in [1.29, 1.82) is 0 Å². The summed E-state index contributed by atoms with van der Waals surface area (Å²) in [7, 11) is 0. The first-order chi connectivity index (χ1) is 6.21. The molecule has 1 fully saturated rings. The second-order valence-corrected chi connectivity index (χ2v) is 3.88. The summed E-state index contributed by atoms with van der Waals surface area (Å²) in [5.41, 5.74) is 6.87. The second kappa shape index (κ2) is 3.03. The molecule has 1 aliphatic rings. The molecule has 4 heteroatoms. The molecule has 0 bridgehead atoms. The van der Waals surface area contributed by atoms with E-state index in [1.165, 1.54) is 0 Å². The summed E-state index contributed by atoms with van der Waals surface area (Å²) in [5.74, 6) is 0.572. The molecule has 3 N–H and O–H groups in total. The summed E-state index contributed by atoms with van der Waals surface area (Å²) in [6.07, 6.45) is 2.07. The number of ether oxygens (including phenoxy) is 1. The Kier molecular flexibility index (Phi) is 2.00. The molecule has 0 atom stereocenters. The molecule has 1 aromatic rings. The number of anilines is 1. The van der Waals surface area contributed by atoms with Gasteiger partial charge in [-0.2, -0.15) is 5.10 Å². The minimum atomic E-state index is 0.170. The van der Waals surface area contributed by atoms with Crippen molar-refractivity contribution in [3.8, 4) is 0 Å². The van der Waals surface area contributed by atoms with E-state index in [2.05, 4.69) is 17.1 Å². The van der Waals surface area contributed by atoms with Crippen molar-refractivity contribution in [2.24, 2.45) is 0 Å². The van der Waals surface area contributed by atoms with Crippen molar-refractivity contribution >= 4 is 5.82 Å². The molecule has 4 nitrogen and oxygen atoms in total. The summed E-state index contributed by atoms with van der Waals surface area (Å²) in [6.45, 7) is 3.88. The third-order valence-corrected chi connectivity index (χ3v) is 2.84. The minimum Gasteiger partial charge on any atom is -0.382 e. The largest absolute Gasteiger partial charge is 0.382 e. The number of hydrogen-bond donors (Lipinski definition) is 2. The first-order valence-electron chi connectivity index (χ1n) is 4.60. The lowest BCUT2D eigenvalue weighted by Gasteiger charge is -2.32. The second-order valence-electron chi connectivity index (χ2n) is 3.88. The molecule has 1 saturated heterocycles. The van der Waals surface area contributed by atoms with Gasteiger partial charge in [0, 0.05) is 30.4 Å². The molecule has 72 valence electrons. The molecular weight excluding hydrogens is 166 g/mol. The molecule has 2 rings (SSSR count). The lowest BCUT2D eigenvalue weighted by Crippen LogP contribution is -2.30. The van der Waals surface area contributed by atoms with Crippen molar-refractivity contribution in [3.05, 3.63) is 11.8 Å². The summed E-state index contributed by atoms with van der Waals surface area (Å²) >= 11 is 0. The van der Waals surface area contributed by atoms with Gasteiger partial charge in [-0.05, 0) is 12.8 Å². The van der Waals surface area contributed by atoms with Crippen LogP contribution in [-0.4, -0.2) is 23.4 Å². The van der Waals surface area contributed by atoms with Crippen LogP contribution in [0.2, 0.25) is 0 Å². The van der Waals surface area contributed by atoms with Gasteiger partial charge >= 0.3 is 0 Å². The van der Waals surface area contributed by atoms with Crippen LogP contribution in [0.1, 0.15) is 25.5 Å². The third kappa shape index (κ3) is 1.54. The van der Waals surface area contributed by atoms with Crippen LogP contribution in [0.3, 0.4) is 0 Å². The summed E-state index contributed by atoms with van der Waals surface area (Å²) < 4.78 is 5.33. The maximum Gasteiger partial charge on any atom is 0.145 e. The van der Waals surface area contributed by atoms with E-state index in [0.29, 0.717) is 5.82 Å². The molecule has 0 saturated carbocycles. The van der Waals surface area contributed by atoms with Gasteiger partial charge in [0.1, 0.15) is 5.82 Å². The van der Waals surface area contributed by atoms with Gasteiger partial charge in [-0.15, -0.1) is 0 Å². The van der Waals surface area contributed by atoms with Crippen LogP contribution in [-0.2, 0) is 10.2 Å². The van der Waals surface area contributed by atoms with Gasteiger partial charge in [0.25, 0.3) is 0 Å². The Morgan fingerprint density at radius 2 is 2.23 bits per heavy atom. The van der Waals surface area contributed by atoms with Gasteiger partial charge in [0.2, 0.25) is 0 Å². The van der Waals surface area contributed by atoms with Crippen LogP contribution in [0.25, 0.3) is 0 Å². The highest BCUT2D eigenvalue weighted by Crippen LogP contribution is 2.33. The number of aromatic amines is 1. The number of nitrogens with one attached hydrogen (secondary N) is 1. The Labute approximate surface area is 77.5 Å². The van der Waals surface area contributed by atoms with Gasteiger partial charge in [-0.25, -0.2) is 0 Å². The number of nitrogen functional groups attached to an aromatic ring is 1. The Hall–Kier alpha value is -1.03. The van der Waals surface area contributed by atoms with Gasteiger partial charge in [0.15, 0.2) is 0 Å². The average molecular weight is 181 g/mol. The topological polar surface area (TPSA) is 63.9 Å². The number of nitrogens with two attached hydrogens (primary N) is 1. The Bertz CT molecular complexity index is 289. The zero-order chi connectivity index (χ0) is 9.31. The highest BCUT2D eigenvalue weighted by Gasteiger charge is 2.30. The standard InChI is InChI=1S/C9H15N3O/c1-9(2-4-13-5-3-9)7-6-8(10)12-11-7/h6H,2-5H2,1H3,(H3,10,11,12). The zero-order valence-corrected chi connectivity index (χ0v) is 7.84. The number of nitrogens with zero attached hydrogens (tertiary/aromatic N) is 1. The minimum absolute atomic E-state index is 0.170. The fraction of sp³-hybridized carbons (Fsp3) is 0.667. The summed E-state index contributed by atoms with van der Waals surface area (Å²) in [5, 5.41) is 6.93. The number of aromatic nitrogens is 2. The van der Waals surface area contributed by atoms with Crippen LogP contribution in [0.15, 0.2) is 6.07 Å². The van der Waals surface area contributed by atoms with Crippen LogP contribution in [0.5, 0.6) is 0 Å². The Morgan fingerprint density at radius 3 is 2.77 bits per heavy atom. The monoisotopic (exact) mass is 181 g/mol. The molecule has 2 heterocycles. The number of hydrogen-bond acceptors (Lipinski definition) is 3. The van der Waals surface area contributed by atoms with Crippen LogP contribution < -0.4 is 5.73 Å². The van der Waals surface area contributed by atoms with Crippen LogP contribution in [0.4, 0.5) is 5.82 Å². The molecule has 0 spiro atoms. The van der Waals surface area contributed by atoms with E-state index >= 15 is 0 Å². The average Bonchev–Trinajstić information content (AvgIpc) is 2.54. The van der Waals surface area contributed by atoms with Crippen LogP contribution >= 0.6 is 0 Å². The van der Waals surface area contributed by atoms with E-state index < -0.39 is 0 Å². The summed E-state index contributed by atoms with van der Waals surface area (Å²) in [4.78, 5) is 0. The smallest absolute Gasteiger partial charge is 0.145 e. The maximum atomic E-state index is 5.57. The zero-order valence-electron chi connectivity index (χ0n) is 7.84. The fourth-order valence-electron chi connectivity index (χ4n) is 1.74. The Balaban J connectivity index is 2.22. The van der Waals surface area contributed by atoms with E-state index in [9.17, 15) is 0 Å². The van der Waals surface area contributed by atoms with Crippen molar-refractivity contribution in [2.75, 3.05) is 18.9 Å². The highest BCUT2D eigenvalue weighted by atomic mass is 16.5. The predicted octanol–water partition coefficient (Wildman–Crippen LogP) is 1.06. The van der Waals surface area contributed by atoms with E-state index in [1.807, 2.05) is 6.07 Å². The van der Waals surface area contributed by atoms with Gasteiger partial charge < -0.3 is 10.5 Å². The molecule has 0 aliphatic carbocycles. The van der Waals surface area contributed by atoms with Crippen molar-refractivity contribution in [2.45, 2.75) is 25.2 Å². The molecule has 0 unspecified atom stereocenters. The lowest BCUT2D eigenvalue weighted by atomic mass is 9.79. The Morgan fingerprint density at radius 1 is 1.54 bits per heavy atom. The highest BCUT2D eigenvalue weighted by molar-refractivity contribution is 5.32. The molecule has 0 amide bonds. The van der Waals surface area contributed by atoms with Crippen molar-refractivity contribution in [3.63, 3.8) is 0 Å². The van der Waals surface area contributed by atoms with Crippen molar-refractivity contribution in [1.82, 2.24) is 10.2 Å². The third-order valence-electron chi connectivity index (χ3n) is 2.84. The first-order valence-corrected chi connectivity index (χ1v) is 4.60. The molecule has 1 aliphatic heterocycles. The predicted molar refractivity (Wildman–Crippen MR) is 50.4 cm³/mol. The maximum absolute atomic E-state index is 5.57. The van der Waals surface area contributed by atoms with Crippen LogP contribution in [0, 0.1) is 0 Å². The van der Waals surface area contributed by atoms with Crippen molar-refractivity contribution < 1.29 is 4.74 Å². The molecule has 1 aromatic heterocycles. The molecule has 0 aromatic carbocycles. The van der Waals surface area contributed by atoms with E-state index in [1.54, 1.807) is 0 Å². The normalized spacial score (nSPS) is 21.6. The molecular formula is C9H15N3O. The SMILES string of the molecule is CC1(c2cc(N)n[nH]2)CCOCC1. The quantitative estimate of drug-likeness (QED) is 0.681. The van der Waals surface area contributed by atoms with Gasteiger partial charge in [0.05, 0.1) is 0 Å². The molecule has 13 heavy (non-hydrogen) atoms. The van der Waals surface area contributed by atoms with Gasteiger partial charge in [-0.3, -0.25) is 5.10 Å². The van der Waals surface area contributed by atoms with Gasteiger partial charge in [-0.1, -0.05) is 6.92 Å². The van der Waals surface area contributed by atoms with E-state index in [0.717, 1.165) is 31.7 Å². The van der Waals surface area contributed by atoms with E-state index in [4.69, 9.17) is 10.5 Å². The molecule has 0 radical (unpaired) electrons. The van der Waals surface area contributed by atoms with E-state index in [-0.39, 0.29) is 5.41 Å². The first kappa shape index (κ1) is 8.56. The number of H-pyrrole nitrogens is 1. The summed E-state index contributed by atoms with van der Waals surface area (Å²) in [6, 6.07) is 1.92. The fourth-order valence-corrected chi connectivity index (χ4v) is 1.74.